The van der Waals surface area contributed by atoms with Crippen molar-refractivity contribution in [3.8, 4) is 16.9 Å². The summed E-state index contributed by atoms with van der Waals surface area (Å²) in [4.78, 5) is 11.8. The second-order valence-electron chi connectivity index (χ2n) is 9.57. The van der Waals surface area contributed by atoms with Crippen molar-refractivity contribution in [2.45, 2.75) is 84.0 Å². The number of aliphatic hydroxyl groups is 1. The van der Waals surface area contributed by atoms with Gasteiger partial charge in [-0.2, -0.15) is 0 Å². The summed E-state index contributed by atoms with van der Waals surface area (Å²) in [6.45, 7) is 3.73. The van der Waals surface area contributed by atoms with Gasteiger partial charge in [-0.15, -0.1) is 0 Å². The van der Waals surface area contributed by atoms with Gasteiger partial charge in [-0.3, -0.25) is 4.79 Å². The minimum atomic E-state index is -0.511. The molecular formula is C29H40O3. The van der Waals surface area contributed by atoms with Crippen LogP contribution in [0, 0.1) is 11.8 Å². The van der Waals surface area contributed by atoms with Gasteiger partial charge in [0.1, 0.15) is 5.75 Å². The summed E-state index contributed by atoms with van der Waals surface area (Å²) in [6.07, 6.45) is 13.8. The van der Waals surface area contributed by atoms with Crippen molar-refractivity contribution < 1.29 is 14.6 Å². The van der Waals surface area contributed by atoms with Crippen molar-refractivity contribution in [2.24, 2.45) is 11.8 Å². The number of unbranched alkanes of at least 4 members (excludes halogenated alkanes) is 4. The van der Waals surface area contributed by atoms with E-state index in [0.717, 1.165) is 11.5 Å². The minimum absolute atomic E-state index is 0.204. The van der Waals surface area contributed by atoms with E-state index in [0.29, 0.717) is 11.7 Å². The third kappa shape index (κ3) is 7.20. The number of benzene rings is 2. The fourth-order valence-electron chi connectivity index (χ4n) is 4.78. The summed E-state index contributed by atoms with van der Waals surface area (Å²) >= 11 is 0. The van der Waals surface area contributed by atoms with Crippen LogP contribution < -0.4 is 4.74 Å². The second-order valence-corrected chi connectivity index (χ2v) is 9.57. The second kappa shape index (κ2) is 12.8. The van der Waals surface area contributed by atoms with Gasteiger partial charge in [-0.25, -0.2) is 0 Å². The maximum Gasteiger partial charge on any atom is 0.316 e. The zero-order chi connectivity index (χ0) is 22.8. The number of carbonyl (C=O) groups excluding carboxylic acids is 1. The predicted octanol–water partition coefficient (Wildman–Crippen LogP) is 7.52. The highest BCUT2D eigenvalue weighted by Crippen LogP contribution is 2.38. The Bertz CT molecular complexity index is 801. The SMILES string of the molecule is CCCCCCCC1CCC(c2ccc(-c3ccc(OC(=O)C(C)CO)cc3)cc2)CC1. The Morgan fingerprint density at radius 3 is 2.09 bits per heavy atom. The number of aliphatic hydroxyl groups excluding tert-OH is 1. The maximum absolute atomic E-state index is 11.8. The van der Waals surface area contributed by atoms with E-state index in [9.17, 15) is 4.79 Å². The summed E-state index contributed by atoms with van der Waals surface area (Å²) in [5, 5.41) is 9.06. The quantitative estimate of drug-likeness (QED) is 0.225. The Morgan fingerprint density at radius 2 is 1.50 bits per heavy atom. The lowest BCUT2D eigenvalue weighted by molar-refractivity contribution is -0.139. The largest absolute Gasteiger partial charge is 0.426 e. The predicted molar refractivity (Wildman–Crippen MR) is 132 cm³/mol. The zero-order valence-corrected chi connectivity index (χ0v) is 19.9. The molecule has 3 heteroatoms. The minimum Gasteiger partial charge on any atom is -0.426 e. The van der Waals surface area contributed by atoms with Crippen molar-refractivity contribution >= 4 is 5.97 Å². The average Bonchev–Trinajstić information content (AvgIpc) is 2.84. The van der Waals surface area contributed by atoms with Gasteiger partial charge in [-0.1, -0.05) is 81.8 Å². The normalized spacial score (nSPS) is 19.5. The molecule has 0 spiro atoms. The highest BCUT2D eigenvalue weighted by atomic mass is 16.5. The van der Waals surface area contributed by atoms with Crippen LogP contribution in [-0.4, -0.2) is 17.7 Å². The van der Waals surface area contributed by atoms with Crippen LogP contribution in [0.1, 0.15) is 89.5 Å². The first-order valence-electron chi connectivity index (χ1n) is 12.6. The van der Waals surface area contributed by atoms with Gasteiger partial charge in [0.15, 0.2) is 0 Å². The van der Waals surface area contributed by atoms with E-state index in [1.165, 1.54) is 75.3 Å². The average molecular weight is 437 g/mol. The fraction of sp³-hybridized carbons (Fsp3) is 0.552. The first-order chi connectivity index (χ1) is 15.6. The van der Waals surface area contributed by atoms with E-state index in [2.05, 4.69) is 31.2 Å². The Balaban J connectivity index is 1.47. The van der Waals surface area contributed by atoms with E-state index in [1.807, 2.05) is 24.3 Å². The number of esters is 1. The van der Waals surface area contributed by atoms with Crippen molar-refractivity contribution in [3.63, 3.8) is 0 Å². The van der Waals surface area contributed by atoms with Crippen molar-refractivity contribution in [3.05, 3.63) is 54.1 Å². The summed E-state index contributed by atoms with van der Waals surface area (Å²) in [7, 11) is 0. The molecule has 2 aromatic rings. The maximum atomic E-state index is 11.8. The van der Waals surface area contributed by atoms with Crippen LogP contribution in [0.5, 0.6) is 5.75 Å². The molecule has 1 N–H and O–H groups in total. The highest BCUT2D eigenvalue weighted by molar-refractivity contribution is 5.75. The van der Waals surface area contributed by atoms with E-state index < -0.39 is 11.9 Å². The van der Waals surface area contributed by atoms with Crippen LogP contribution in [0.2, 0.25) is 0 Å². The van der Waals surface area contributed by atoms with Gasteiger partial charge in [0.25, 0.3) is 0 Å². The zero-order valence-electron chi connectivity index (χ0n) is 19.9. The van der Waals surface area contributed by atoms with Crippen LogP contribution in [-0.2, 0) is 4.79 Å². The Kier molecular flexibility index (Phi) is 9.80. The molecule has 0 amide bonds. The molecule has 0 aliphatic heterocycles. The smallest absolute Gasteiger partial charge is 0.316 e. The molecule has 32 heavy (non-hydrogen) atoms. The van der Waals surface area contributed by atoms with E-state index >= 15 is 0 Å². The van der Waals surface area contributed by atoms with Gasteiger partial charge in [0, 0.05) is 0 Å². The highest BCUT2D eigenvalue weighted by Gasteiger charge is 2.22. The molecule has 2 aromatic carbocycles. The van der Waals surface area contributed by atoms with Crippen LogP contribution in [0.3, 0.4) is 0 Å². The number of hydrogen-bond acceptors (Lipinski definition) is 3. The molecule has 0 saturated heterocycles. The molecule has 0 aromatic heterocycles. The molecule has 1 fully saturated rings. The summed E-state index contributed by atoms with van der Waals surface area (Å²) < 4.78 is 5.31. The van der Waals surface area contributed by atoms with Crippen molar-refractivity contribution in [1.29, 1.82) is 0 Å². The van der Waals surface area contributed by atoms with Gasteiger partial charge in [0.2, 0.25) is 0 Å². The molecule has 0 radical (unpaired) electrons. The lowest BCUT2D eigenvalue weighted by Gasteiger charge is -2.29. The van der Waals surface area contributed by atoms with Crippen LogP contribution >= 0.6 is 0 Å². The molecule has 3 rings (SSSR count). The lowest BCUT2D eigenvalue weighted by atomic mass is 9.77. The third-order valence-corrected chi connectivity index (χ3v) is 7.03. The Labute approximate surface area is 194 Å². The summed E-state index contributed by atoms with van der Waals surface area (Å²) in [5.41, 5.74) is 3.76. The van der Waals surface area contributed by atoms with Crippen LogP contribution in [0.4, 0.5) is 0 Å². The molecule has 1 saturated carbocycles. The standard InChI is InChI=1S/C29H40O3/c1-3-4-5-6-7-8-23-9-11-24(12-10-23)25-13-15-26(16-14-25)27-17-19-28(20-18-27)32-29(31)22(2)21-30/h13-20,22-24,30H,3-12,21H2,1-2H3. The van der Waals surface area contributed by atoms with E-state index in [-0.39, 0.29) is 6.61 Å². The van der Waals surface area contributed by atoms with Gasteiger partial charge in [-0.05, 0) is 73.3 Å². The van der Waals surface area contributed by atoms with Gasteiger partial charge >= 0.3 is 5.97 Å². The molecule has 1 unspecified atom stereocenters. The first kappa shape index (κ1) is 24.5. The molecule has 1 aliphatic rings. The van der Waals surface area contributed by atoms with Crippen LogP contribution in [0.15, 0.2) is 48.5 Å². The molecule has 0 heterocycles. The summed E-state index contributed by atoms with van der Waals surface area (Å²) in [5.74, 6) is 1.24. The van der Waals surface area contributed by atoms with Gasteiger partial charge in [0.05, 0.1) is 12.5 Å². The number of carbonyl (C=O) groups is 1. The van der Waals surface area contributed by atoms with E-state index in [1.54, 1.807) is 6.92 Å². The topological polar surface area (TPSA) is 46.5 Å². The molecule has 1 atom stereocenters. The van der Waals surface area contributed by atoms with Gasteiger partial charge < -0.3 is 9.84 Å². The molecular weight excluding hydrogens is 396 g/mol. The number of hydrogen-bond donors (Lipinski definition) is 1. The Morgan fingerprint density at radius 1 is 0.906 bits per heavy atom. The molecule has 0 bridgehead atoms. The van der Waals surface area contributed by atoms with Crippen molar-refractivity contribution in [2.75, 3.05) is 6.61 Å². The number of ether oxygens (including phenoxy) is 1. The third-order valence-electron chi connectivity index (χ3n) is 7.03. The van der Waals surface area contributed by atoms with E-state index in [4.69, 9.17) is 9.84 Å². The fourth-order valence-corrected chi connectivity index (χ4v) is 4.78. The first-order valence-corrected chi connectivity index (χ1v) is 12.6. The molecule has 1 aliphatic carbocycles. The summed E-state index contributed by atoms with van der Waals surface area (Å²) in [6, 6.07) is 16.6. The monoisotopic (exact) mass is 436 g/mol. The Hall–Kier alpha value is -2.13. The van der Waals surface area contributed by atoms with Crippen LogP contribution in [0.25, 0.3) is 11.1 Å². The molecule has 174 valence electrons. The van der Waals surface area contributed by atoms with Crippen molar-refractivity contribution in [1.82, 2.24) is 0 Å². The lowest BCUT2D eigenvalue weighted by Crippen LogP contribution is -2.20. The molecule has 3 nitrogen and oxygen atoms in total. The number of rotatable bonds is 11.